The summed E-state index contributed by atoms with van der Waals surface area (Å²) in [5.74, 6) is -0.589. The number of hydrogen-bond donors (Lipinski definition) is 1. The SMILES string of the molecule is [C-]#[N+]c1ccc(COc2ccc(F)c(N3CCN(Cc4nc5ccc(C(=O)O)cc5n4C[C@@H]4CCO4)CC3)c2)c(F)c1. The quantitative estimate of drug-likeness (QED) is 0.274. The Morgan fingerprint density at radius 1 is 1.07 bits per heavy atom. The number of anilines is 1. The van der Waals surface area contributed by atoms with Crippen molar-refractivity contribution in [2.24, 2.45) is 0 Å². The third-order valence-corrected chi connectivity index (χ3v) is 7.81. The first-order chi connectivity index (χ1) is 20.4. The Labute approximate surface area is 241 Å². The second-order valence-corrected chi connectivity index (χ2v) is 10.5. The van der Waals surface area contributed by atoms with Gasteiger partial charge in [-0.2, -0.15) is 0 Å². The molecule has 6 rings (SSSR count). The van der Waals surface area contributed by atoms with E-state index in [1.165, 1.54) is 30.3 Å². The molecular formula is C31H29F2N5O4. The molecule has 2 aliphatic heterocycles. The van der Waals surface area contributed by atoms with Crippen LogP contribution in [0.1, 0.15) is 28.2 Å². The van der Waals surface area contributed by atoms with Crippen LogP contribution in [-0.4, -0.2) is 64.4 Å². The molecule has 0 spiro atoms. The number of fused-ring (bicyclic) bond motifs is 1. The Morgan fingerprint density at radius 2 is 1.88 bits per heavy atom. The number of imidazole rings is 1. The van der Waals surface area contributed by atoms with Crippen molar-refractivity contribution in [3.05, 3.63) is 94.6 Å². The highest BCUT2D eigenvalue weighted by atomic mass is 19.1. The van der Waals surface area contributed by atoms with E-state index in [-0.39, 0.29) is 29.8 Å². The average Bonchev–Trinajstić information content (AvgIpc) is 3.31. The van der Waals surface area contributed by atoms with Crippen LogP contribution in [-0.2, 0) is 24.4 Å². The number of halogens is 2. The number of aromatic nitrogens is 2. The van der Waals surface area contributed by atoms with Crippen molar-refractivity contribution in [1.82, 2.24) is 14.5 Å². The van der Waals surface area contributed by atoms with E-state index in [1.54, 1.807) is 24.3 Å². The molecule has 1 atom stereocenters. The maximum atomic E-state index is 14.9. The van der Waals surface area contributed by atoms with E-state index in [4.69, 9.17) is 21.0 Å². The molecule has 1 aromatic heterocycles. The summed E-state index contributed by atoms with van der Waals surface area (Å²) in [6, 6.07) is 13.7. The average molecular weight is 574 g/mol. The molecule has 3 heterocycles. The summed E-state index contributed by atoms with van der Waals surface area (Å²) in [7, 11) is 0. The normalized spacial score (nSPS) is 17.2. The number of ether oxygens (including phenoxy) is 2. The van der Waals surface area contributed by atoms with Gasteiger partial charge in [0.15, 0.2) is 5.69 Å². The summed E-state index contributed by atoms with van der Waals surface area (Å²) in [4.78, 5) is 23.8. The molecule has 2 saturated heterocycles. The fourth-order valence-electron chi connectivity index (χ4n) is 5.32. The molecule has 2 aliphatic rings. The number of carboxylic acid groups (broad SMARTS) is 1. The number of nitrogens with zero attached hydrogens (tertiary/aromatic N) is 5. The number of aromatic carboxylic acids is 1. The van der Waals surface area contributed by atoms with Gasteiger partial charge in [-0.15, -0.1) is 0 Å². The van der Waals surface area contributed by atoms with Gasteiger partial charge in [-0.3, -0.25) is 4.90 Å². The van der Waals surface area contributed by atoms with Crippen LogP contribution in [0.2, 0.25) is 0 Å². The zero-order valence-electron chi connectivity index (χ0n) is 22.8. The van der Waals surface area contributed by atoms with Crippen LogP contribution in [0, 0.1) is 18.2 Å². The van der Waals surface area contributed by atoms with E-state index in [1.807, 2.05) is 4.90 Å². The molecule has 0 unspecified atom stereocenters. The highest BCUT2D eigenvalue weighted by Gasteiger charge is 2.25. The van der Waals surface area contributed by atoms with Crippen molar-refractivity contribution < 1.29 is 28.2 Å². The molecule has 4 aromatic rings. The predicted molar refractivity (Wildman–Crippen MR) is 152 cm³/mol. The molecule has 0 amide bonds. The van der Waals surface area contributed by atoms with Gasteiger partial charge < -0.3 is 24.0 Å². The second kappa shape index (κ2) is 11.8. The first-order valence-corrected chi connectivity index (χ1v) is 13.8. The Morgan fingerprint density at radius 3 is 2.57 bits per heavy atom. The number of rotatable bonds is 9. The number of hydrogen-bond acceptors (Lipinski definition) is 6. The zero-order valence-corrected chi connectivity index (χ0v) is 22.8. The summed E-state index contributed by atoms with van der Waals surface area (Å²) in [6.07, 6.45) is 1.03. The summed E-state index contributed by atoms with van der Waals surface area (Å²) in [5.41, 5.74) is 2.70. The minimum absolute atomic E-state index is 0.0379. The highest BCUT2D eigenvalue weighted by Crippen LogP contribution is 2.28. The molecule has 3 aromatic carbocycles. The Balaban J connectivity index is 1.12. The van der Waals surface area contributed by atoms with E-state index in [2.05, 4.69) is 14.3 Å². The van der Waals surface area contributed by atoms with E-state index >= 15 is 0 Å². The smallest absolute Gasteiger partial charge is 0.335 e. The lowest BCUT2D eigenvalue weighted by atomic mass is 10.1. The largest absolute Gasteiger partial charge is 0.489 e. The van der Waals surface area contributed by atoms with Gasteiger partial charge in [0.25, 0.3) is 0 Å². The lowest BCUT2D eigenvalue weighted by Crippen LogP contribution is -2.46. The van der Waals surface area contributed by atoms with Gasteiger partial charge >= 0.3 is 5.97 Å². The molecular weight excluding hydrogens is 544 g/mol. The Bertz CT molecular complexity index is 1670. The minimum Gasteiger partial charge on any atom is -0.489 e. The lowest BCUT2D eigenvalue weighted by molar-refractivity contribution is -0.0592. The van der Waals surface area contributed by atoms with Gasteiger partial charge in [0.2, 0.25) is 0 Å². The van der Waals surface area contributed by atoms with Crippen molar-refractivity contribution in [2.75, 3.05) is 37.7 Å². The second-order valence-electron chi connectivity index (χ2n) is 10.5. The first kappa shape index (κ1) is 27.6. The monoisotopic (exact) mass is 573 g/mol. The summed E-state index contributed by atoms with van der Waals surface area (Å²) in [5, 5.41) is 9.48. The third-order valence-electron chi connectivity index (χ3n) is 7.81. The molecule has 0 saturated carbocycles. The fourth-order valence-corrected chi connectivity index (χ4v) is 5.32. The number of carboxylic acids is 1. The lowest BCUT2D eigenvalue weighted by Gasteiger charge is -2.36. The summed E-state index contributed by atoms with van der Waals surface area (Å²) in [6.45, 7) is 11.4. The van der Waals surface area contributed by atoms with Gasteiger partial charge in [0.1, 0.15) is 29.8 Å². The molecule has 1 N–H and O–H groups in total. The van der Waals surface area contributed by atoms with Gasteiger partial charge in [-0.25, -0.2) is 23.4 Å². The van der Waals surface area contributed by atoms with Crippen LogP contribution in [0.4, 0.5) is 20.2 Å². The van der Waals surface area contributed by atoms with Crippen LogP contribution in [0.25, 0.3) is 15.9 Å². The van der Waals surface area contributed by atoms with Crippen molar-refractivity contribution in [2.45, 2.75) is 32.2 Å². The third kappa shape index (κ3) is 5.77. The van der Waals surface area contributed by atoms with E-state index in [0.717, 1.165) is 29.9 Å². The van der Waals surface area contributed by atoms with Crippen LogP contribution in [0.3, 0.4) is 0 Å². The summed E-state index contributed by atoms with van der Waals surface area (Å²) >= 11 is 0. The van der Waals surface area contributed by atoms with Crippen LogP contribution in [0.5, 0.6) is 5.75 Å². The van der Waals surface area contributed by atoms with Gasteiger partial charge in [0.05, 0.1) is 48.0 Å². The Kier molecular flexibility index (Phi) is 7.73. The summed E-state index contributed by atoms with van der Waals surface area (Å²) < 4.78 is 42.6. The molecule has 9 nitrogen and oxygen atoms in total. The molecule has 0 bridgehead atoms. The number of piperazine rings is 1. The number of benzene rings is 3. The molecule has 42 heavy (non-hydrogen) atoms. The molecule has 0 radical (unpaired) electrons. The highest BCUT2D eigenvalue weighted by molar-refractivity contribution is 5.92. The zero-order chi connectivity index (χ0) is 29.2. The van der Waals surface area contributed by atoms with E-state index < -0.39 is 11.8 Å². The van der Waals surface area contributed by atoms with Crippen molar-refractivity contribution in [3.63, 3.8) is 0 Å². The van der Waals surface area contributed by atoms with Crippen molar-refractivity contribution >= 4 is 28.4 Å². The topological polar surface area (TPSA) is 84.4 Å². The van der Waals surface area contributed by atoms with Crippen molar-refractivity contribution in [1.29, 1.82) is 0 Å². The van der Waals surface area contributed by atoms with E-state index in [0.29, 0.717) is 56.3 Å². The maximum absolute atomic E-state index is 14.9. The first-order valence-electron chi connectivity index (χ1n) is 13.8. The molecule has 11 heteroatoms. The van der Waals surface area contributed by atoms with Crippen LogP contribution in [0.15, 0.2) is 54.6 Å². The molecule has 2 fully saturated rings. The van der Waals surface area contributed by atoms with Gasteiger partial charge in [-0.05, 0) is 42.8 Å². The predicted octanol–water partition coefficient (Wildman–Crippen LogP) is 5.25. The van der Waals surface area contributed by atoms with Gasteiger partial charge in [-0.1, -0.05) is 12.1 Å². The molecule has 0 aliphatic carbocycles. The number of carbonyl (C=O) groups is 1. The maximum Gasteiger partial charge on any atom is 0.335 e. The van der Waals surface area contributed by atoms with E-state index in [9.17, 15) is 18.7 Å². The standard InChI is InChI=1S/C31H29F2N5O4/c1-34-22-4-2-21(26(33)15-22)19-42-23-5-6-25(32)28(16-23)37-11-9-36(10-12-37)18-30-35-27-7-3-20(31(39)40)14-29(27)38(30)17-24-8-13-41-24/h2-7,14-16,24H,8-13,17-19H2,(H,39,40)/t24-/m0/s1. The van der Waals surface area contributed by atoms with Gasteiger partial charge in [0, 0.05) is 44.4 Å². The molecule has 216 valence electrons. The van der Waals surface area contributed by atoms with Crippen LogP contribution >= 0.6 is 0 Å². The Hall–Kier alpha value is -4.53. The van der Waals surface area contributed by atoms with Crippen molar-refractivity contribution in [3.8, 4) is 5.75 Å². The fraction of sp³-hybridized carbons (Fsp3) is 0.323. The minimum atomic E-state index is -0.980. The van der Waals surface area contributed by atoms with Crippen LogP contribution < -0.4 is 9.64 Å².